The molecule has 0 unspecified atom stereocenters. The zero-order valence-electron chi connectivity index (χ0n) is 15.3. The smallest absolute Gasteiger partial charge is 0.123 e. The van der Waals surface area contributed by atoms with Crippen LogP contribution >= 0.6 is 0 Å². The van der Waals surface area contributed by atoms with Crippen molar-refractivity contribution in [1.82, 2.24) is 20.0 Å². The summed E-state index contributed by atoms with van der Waals surface area (Å²) in [5.74, 6) is 0.873. The number of pyridine rings is 1. The van der Waals surface area contributed by atoms with Crippen molar-refractivity contribution < 1.29 is 25.8 Å². The third kappa shape index (κ3) is 3.74. The second-order valence-corrected chi connectivity index (χ2v) is 6.17. The van der Waals surface area contributed by atoms with Gasteiger partial charge >= 0.3 is 0 Å². The van der Waals surface area contributed by atoms with E-state index in [2.05, 4.69) is 49.2 Å². The van der Waals surface area contributed by atoms with Crippen molar-refractivity contribution in [3.05, 3.63) is 85.9 Å². The minimum atomic E-state index is 0. The summed E-state index contributed by atoms with van der Waals surface area (Å²) >= 11 is 0. The number of ether oxygens (including phenoxy) is 1. The first-order valence-corrected chi connectivity index (χ1v) is 8.69. The van der Waals surface area contributed by atoms with Crippen LogP contribution < -0.4 is 14.5 Å². The van der Waals surface area contributed by atoms with E-state index in [0.29, 0.717) is 17.3 Å². The average molecular weight is 562 g/mol. The first kappa shape index (κ1) is 19.1. The van der Waals surface area contributed by atoms with Crippen LogP contribution in [0.3, 0.4) is 0 Å². The molecule has 0 aliphatic carbocycles. The van der Waals surface area contributed by atoms with Crippen LogP contribution in [0.5, 0.6) is 11.6 Å². The van der Waals surface area contributed by atoms with Crippen molar-refractivity contribution in [2.24, 2.45) is 0 Å². The quantitative estimate of drug-likeness (QED) is 0.354. The van der Waals surface area contributed by atoms with Gasteiger partial charge in [-0.15, -0.1) is 18.2 Å². The van der Waals surface area contributed by atoms with Gasteiger partial charge in [0.2, 0.25) is 0 Å². The molecule has 0 N–H and O–H groups in total. The van der Waals surface area contributed by atoms with Crippen LogP contribution in [0.2, 0.25) is 0 Å². The SMILES string of the molecule is CN1[CH-]N(c2[c-]c(Oc3[c-]c(-n4nccn4)ccc3)ncc2)c2ccccc21.[Pt]. The number of hydrogen-bond acceptors (Lipinski definition) is 6. The van der Waals surface area contributed by atoms with Crippen molar-refractivity contribution in [1.29, 1.82) is 0 Å². The molecule has 0 radical (unpaired) electrons. The van der Waals surface area contributed by atoms with Crippen LogP contribution in [-0.4, -0.2) is 27.0 Å². The summed E-state index contributed by atoms with van der Waals surface area (Å²) in [6.07, 6.45) is 4.93. The molecule has 0 saturated carbocycles. The Balaban J connectivity index is 0.00000205. The van der Waals surface area contributed by atoms with E-state index in [9.17, 15) is 0 Å². The predicted molar refractivity (Wildman–Crippen MR) is 105 cm³/mol. The Morgan fingerprint density at radius 2 is 1.66 bits per heavy atom. The van der Waals surface area contributed by atoms with Gasteiger partial charge in [0, 0.05) is 38.2 Å². The number of rotatable bonds is 4. The summed E-state index contributed by atoms with van der Waals surface area (Å²) in [7, 11) is 2.02. The molecule has 0 bridgehead atoms. The van der Waals surface area contributed by atoms with Crippen molar-refractivity contribution in [3.63, 3.8) is 0 Å². The Hall–Kier alpha value is -3.18. The van der Waals surface area contributed by atoms with E-state index >= 15 is 0 Å². The molecule has 0 saturated heterocycles. The fourth-order valence-corrected chi connectivity index (χ4v) is 3.06. The molecule has 0 fully saturated rings. The minimum absolute atomic E-state index is 0. The Morgan fingerprint density at radius 3 is 2.48 bits per heavy atom. The molecule has 2 aromatic carbocycles. The molecule has 5 rings (SSSR count). The van der Waals surface area contributed by atoms with Gasteiger partial charge in [-0.25, -0.2) is 0 Å². The zero-order valence-corrected chi connectivity index (χ0v) is 17.6. The van der Waals surface area contributed by atoms with E-state index in [1.165, 1.54) is 4.80 Å². The summed E-state index contributed by atoms with van der Waals surface area (Å²) in [5, 5.41) is 8.22. The first-order valence-electron chi connectivity index (χ1n) is 8.69. The van der Waals surface area contributed by atoms with Gasteiger partial charge in [-0.1, -0.05) is 12.1 Å². The van der Waals surface area contributed by atoms with Gasteiger partial charge in [-0.05, 0) is 31.1 Å². The molecular formula is C21H15N6OPt-3. The third-order valence-electron chi connectivity index (χ3n) is 4.32. The van der Waals surface area contributed by atoms with Crippen LogP contribution in [0.25, 0.3) is 5.69 Å². The molecule has 0 amide bonds. The number of nitrogens with zero attached hydrogens (tertiary/aromatic N) is 6. The Morgan fingerprint density at radius 1 is 0.862 bits per heavy atom. The second-order valence-electron chi connectivity index (χ2n) is 6.17. The van der Waals surface area contributed by atoms with Gasteiger partial charge in [0.15, 0.2) is 0 Å². The van der Waals surface area contributed by atoms with E-state index in [-0.39, 0.29) is 21.1 Å². The molecule has 0 spiro atoms. The fraction of sp³-hybridized carbons (Fsp3) is 0.0476. The van der Waals surface area contributed by atoms with Crippen molar-refractivity contribution in [2.75, 3.05) is 16.8 Å². The third-order valence-corrected chi connectivity index (χ3v) is 4.32. The van der Waals surface area contributed by atoms with E-state index < -0.39 is 0 Å². The van der Waals surface area contributed by atoms with Gasteiger partial charge in [0.1, 0.15) is 5.88 Å². The van der Waals surface area contributed by atoms with Crippen molar-refractivity contribution in [3.8, 4) is 17.3 Å². The van der Waals surface area contributed by atoms with Crippen LogP contribution in [-0.2, 0) is 21.1 Å². The Kier molecular flexibility index (Phi) is 5.32. The van der Waals surface area contributed by atoms with E-state index in [4.69, 9.17) is 4.74 Å². The average Bonchev–Trinajstić information content (AvgIpc) is 3.38. The maximum atomic E-state index is 5.89. The molecule has 0 atom stereocenters. The zero-order chi connectivity index (χ0) is 18.9. The van der Waals surface area contributed by atoms with E-state index in [1.54, 1.807) is 24.7 Å². The fourth-order valence-electron chi connectivity index (χ4n) is 3.06. The Labute approximate surface area is 182 Å². The Bertz CT molecular complexity index is 1120. The maximum absolute atomic E-state index is 5.89. The summed E-state index contributed by atoms with van der Waals surface area (Å²) in [4.78, 5) is 9.88. The number of anilines is 3. The van der Waals surface area contributed by atoms with Gasteiger partial charge in [0.05, 0.1) is 12.4 Å². The van der Waals surface area contributed by atoms with E-state index in [1.807, 2.05) is 44.0 Å². The largest absolute Gasteiger partial charge is 0.504 e. The molecule has 8 heteroatoms. The minimum Gasteiger partial charge on any atom is -0.504 e. The van der Waals surface area contributed by atoms with Gasteiger partial charge < -0.3 is 14.5 Å². The number of hydrogen-bond donors (Lipinski definition) is 0. The van der Waals surface area contributed by atoms with Crippen LogP contribution in [0.1, 0.15) is 0 Å². The molecule has 7 nitrogen and oxygen atoms in total. The summed E-state index contributed by atoms with van der Waals surface area (Å²) in [6, 6.07) is 22.0. The number of fused-ring (bicyclic) bond motifs is 1. The molecule has 1 aliphatic rings. The summed E-state index contributed by atoms with van der Waals surface area (Å²) < 4.78 is 5.89. The van der Waals surface area contributed by atoms with Gasteiger partial charge in [0.25, 0.3) is 0 Å². The van der Waals surface area contributed by atoms with Crippen LogP contribution in [0.4, 0.5) is 17.1 Å². The van der Waals surface area contributed by atoms with Crippen LogP contribution in [0, 0.1) is 18.8 Å². The summed E-state index contributed by atoms with van der Waals surface area (Å²) in [5.41, 5.74) is 3.73. The second kappa shape index (κ2) is 8.05. The molecule has 3 heterocycles. The van der Waals surface area contributed by atoms with Gasteiger partial charge in [-0.3, -0.25) is 4.98 Å². The van der Waals surface area contributed by atoms with Crippen LogP contribution in [0.15, 0.2) is 67.1 Å². The summed E-state index contributed by atoms with van der Waals surface area (Å²) in [6.45, 7) is 2.01. The van der Waals surface area contributed by atoms with E-state index in [0.717, 1.165) is 17.1 Å². The molecule has 29 heavy (non-hydrogen) atoms. The molecular weight excluding hydrogens is 547 g/mol. The monoisotopic (exact) mass is 562 g/mol. The molecule has 148 valence electrons. The normalized spacial score (nSPS) is 12.4. The molecule has 4 aromatic rings. The number of para-hydroxylation sites is 2. The van der Waals surface area contributed by atoms with Gasteiger partial charge in [-0.2, -0.15) is 45.5 Å². The number of benzene rings is 2. The first-order chi connectivity index (χ1) is 13.8. The standard InChI is InChI=1S/C21H15N6O.Pt/c1-25-15-26(20-8-3-2-7-19(20)25)16-9-10-22-21(14-16)28-18-6-4-5-17(13-18)27-23-11-12-24-27;/h2-12,15H,1H3;/q-3;. The van der Waals surface area contributed by atoms with Crippen molar-refractivity contribution in [2.45, 2.75) is 0 Å². The molecule has 1 aliphatic heterocycles. The van der Waals surface area contributed by atoms with Crippen molar-refractivity contribution >= 4 is 17.1 Å². The predicted octanol–water partition coefficient (Wildman–Crippen LogP) is 3.76. The maximum Gasteiger partial charge on any atom is 0.123 e. The topological polar surface area (TPSA) is 59.3 Å². The number of aromatic nitrogens is 4. The molecule has 2 aromatic heterocycles.